The van der Waals surface area contributed by atoms with Crippen molar-refractivity contribution in [1.29, 1.82) is 0 Å². The van der Waals surface area contributed by atoms with Gasteiger partial charge in [0.15, 0.2) is 6.35 Å². The molecule has 3 rings (SSSR count). The average Bonchev–Trinajstić information content (AvgIpc) is 3.03. The van der Waals surface area contributed by atoms with Gasteiger partial charge in [0.2, 0.25) is 0 Å². The van der Waals surface area contributed by atoms with Crippen molar-refractivity contribution in [3.05, 3.63) is 54.1 Å². The van der Waals surface area contributed by atoms with E-state index < -0.39 is 6.35 Å². The van der Waals surface area contributed by atoms with Crippen LogP contribution in [0.25, 0.3) is 0 Å². The minimum absolute atomic E-state index is 0.229. The highest BCUT2D eigenvalue weighted by molar-refractivity contribution is 5.89. The number of hydrogen-bond donors (Lipinski definition) is 5. The maximum atomic E-state index is 12.0. The summed E-state index contributed by atoms with van der Waals surface area (Å²) in [5.41, 5.74) is 2.55. The molecule has 0 aliphatic carbocycles. The molecule has 1 atom stereocenters. The zero-order valence-electron chi connectivity index (χ0n) is 13.8. The van der Waals surface area contributed by atoms with E-state index in [1.54, 1.807) is 18.2 Å². The van der Waals surface area contributed by atoms with Gasteiger partial charge in [-0.25, -0.2) is 4.79 Å². The minimum Gasteiger partial charge on any atom is -0.508 e. The first kappa shape index (κ1) is 17.1. The van der Waals surface area contributed by atoms with Gasteiger partial charge in [0.25, 0.3) is 0 Å². The van der Waals surface area contributed by atoms with Gasteiger partial charge < -0.3 is 25.7 Å². The number of amides is 2. The van der Waals surface area contributed by atoms with Crippen LogP contribution < -0.4 is 20.9 Å². The van der Waals surface area contributed by atoms with Crippen LogP contribution in [0.15, 0.2) is 48.5 Å². The summed E-state index contributed by atoms with van der Waals surface area (Å²) >= 11 is 0. The number of carbonyl (C=O) groups is 1. The van der Waals surface area contributed by atoms with Gasteiger partial charge in [-0.15, -0.1) is 0 Å². The minimum atomic E-state index is -0.700. The maximum absolute atomic E-state index is 12.0. The molecule has 1 fully saturated rings. The van der Waals surface area contributed by atoms with Crippen LogP contribution in [-0.2, 0) is 6.42 Å². The highest BCUT2D eigenvalue weighted by Crippen LogP contribution is 2.21. The second-order valence-corrected chi connectivity index (χ2v) is 5.87. The molecule has 25 heavy (non-hydrogen) atoms. The number of aliphatic hydroxyl groups excluding tert-OH is 1. The number of anilines is 2. The monoisotopic (exact) mass is 342 g/mol. The quantitative estimate of drug-likeness (QED) is 0.567. The largest absolute Gasteiger partial charge is 0.508 e. The summed E-state index contributed by atoms with van der Waals surface area (Å²) in [6.45, 7) is 1.92. The molecule has 0 bridgehead atoms. The molecule has 1 aliphatic rings. The number of phenolic OH excluding ortho intramolecular Hbond substituents is 1. The summed E-state index contributed by atoms with van der Waals surface area (Å²) in [4.78, 5) is 13.8. The van der Waals surface area contributed by atoms with Gasteiger partial charge >= 0.3 is 6.03 Å². The van der Waals surface area contributed by atoms with Crippen LogP contribution in [0.4, 0.5) is 16.2 Å². The first-order chi connectivity index (χ1) is 12.1. The number of urea groups is 1. The smallest absolute Gasteiger partial charge is 0.319 e. The highest BCUT2D eigenvalue weighted by Gasteiger charge is 2.21. The van der Waals surface area contributed by atoms with Crippen molar-refractivity contribution in [2.24, 2.45) is 0 Å². The van der Waals surface area contributed by atoms with Crippen LogP contribution in [0.3, 0.4) is 0 Å². The van der Waals surface area contributed by atoms with Gasteiger partial charge in [0.1, 0.15) is 5.75 Å². The Kier molecular flexibility index (Phi) is 5.37. The molecule has 2 aromatic rings. The Labute approximate surface area is 146 Å². The van der Waals surface area contributed by atoms with Crippen LogP contribution >= 0.6 is 0 Å². The van der Waals surface area contributed by atoms with Crippen LogP contribution in [-0.4, -0.2) is 42.2 Å². The van der Waals surface area contributed by atoms with E-state index in [9.17, 15) is 15.0 Å². The van der Waals surface area contributed by atoms with Crippen molar-refractivity contribution < 1.29 is 15.0 Å². The van der Waals surface area contributed by atoms with Crippen LogP contribution in [0, 0.1) is 0 Å². The lowest BCUT2D eigenvalue weighted by atomic mass is 10.1. The Bertz CT molecular complexity index is 721. The molecule has 1 heterocycles. The van der Waals surface area contributed by atoms with Crippen molar-refractivity contribution in [2.45, 2.75) is 12.8 Å². The number of nitrogens with one attached hydrogen (secondary N) is 3. The number of carbonyl (C=O) groups excluding carboxylic acids is 1. The molecule has 5 N–H and O–H groups in total. The lowest BCUT2D eigenvalue weighted by Gasteiger charge is -2.22. The Hall–Kier alpha value is -2.77. The van der Waals surface area contributed by atoms with Gasteiger partial charge in [-0.05, 0) is 42.3 Å². The Morgan fingerprint density at radius 3 is 2.76 bits per heavy atom. The standard InChI is InChI=1S/C18H22N4O3/c23-16-6-4-13(5-7-16)8-9-19-17(24)21-14-2-1-3-15(12-14)22-11-10-20-18(22)25/h1-7,12,18,20,23,25H,8-11H2,(H2,19,21,24). The fourth-order valence-electron chi connectivity index (χ4n) is 2.74. The number of hydrogen-bond acceptors (Lipinski definition) is 5. The van der Waals surface area contributed by atoms with Gasteiger partial charge in [0, 0.05) is 31.0 Å². The third-order valence-corrected chi connectivity index (χ3v) is 4.05. The predicted octanol–water partition coefficient (Wildman–Crippen LogP) is 1.44. The van der Waals surface area contributed by atoms with E-state index in [0.29, 0.717) is 25.2 Å². The number of phenols is 1. The second-order valence-electron chi connectivity index (χ2n) is 5.87. The summed E-state index contributed by atoms with van der Waals surface area (Å²) in [5, 5.41) is 27.6. The maximum Gasteiger partial charge on any atom is 0.319 e. The van der Waals surface area contributed by atoms with E-state index in [0.717, 1.165) is 17.8 Å². The Morgan fingerprint density at radius 1 is 1.24 bits per heavy atom. The molecule has 7 heteroatoms. The molecule has 2 amide bonds. The normalized spacial score (nSPS) is 16.7. The first-order valence-electron chi connectivity index (χ1n) is 8.23. The Balaban J connectivity index is 1.50. The molecule has 2 aromatic carbocycles. The number of aliphatic hydroxyl groups is 1. The SMILES string of the molecule is O=C(NCCc1ccc(O)cc1)Nc1cccc(N2CCNC2O)c1. The molecule has 0 spiro atoms. The van der Waals surface area contributed by atoms with Gasteiger partial charge in [0.05, 0.1) is 0 Å². The molecular formula is C18H22N4O3. The van der Waals surface area contributed by atoms with E-state index in [1.165, 1.54) is 0 Å². The van der Waals surface area contributed by atoms with Gasteiger partial charge in [-0.1, -0.05) is 18.2 Å². The summed E-state index contributed by atoms with van der Waals surface area (Å²) < 4.78 is 0. The van der Waals surface area contributed by atoms with Crippen LogP contribution in [0.5, 0.6) is 5.75 Å². The van der Waals surface area contributed by atoms with Crippen molar-refractivity contribution in [2.75, 3.05) is 29.9 Å². The molecular weight excluding hydrogens is 320 g/mol. The summed E-state index contributed by atoms with van der Waals surface area (Å²) in [6.07, 6.45) is -0.0197. The third kappa shape index (κ3) is 4.62. The van der Waals surface area contributed by atoms with E-state index >= 15 is 0 Å². The van der Waals surface area contributed by atoms with Crippen LogP contribution in [0.1, 0.15) is 5.56 Å². The van der Waals surface area contributed by atoms with Crippen molar-refractivity contribution >= 4 is 17.4 Å². The molecule has 1 unspecified atom stereocenters. The first-order valence-corrected chi connectivity index (χ1v) is 8.23. The average molecular weight is 342 g/mol. The van der Waals surface area contributed by atoms with Crippen molar-refractivity contribution in [3.8, 4) is 5.75 Å². The van der Waals surface area contributed by atoms with Gasteiger partial charge in [-0.2, -0.15) is 0 Å². The van der Waals surface area contributed by atoms with Crippen molar-refractivity contribution in [3.63, 3.8) is 0 Å². The van der Waals surface area contributed by atoms with Gasteiger partial charge in [-0.3, -0.25) is 5.32 Å². The number of rotatable bonds is 5. The van der Waals surface area contributed by atoms with E-state index in [-0.39, 0.29) is 11.8 Å². The van der Waals surface area contributed by atoms with Crippen LogP contribution in [0.2, 0.25) is 0 Å². The molecule has 0 radical (unpaired) electrons. The fourth-order valence-corrected chi connectivity index (χ4v) is 2.74. The lowest BCUT2D eigenvalue weighted by Crippen LogP contribution is -2.35. The zero-order chi connectivity index (χ0) is 17.6. The predicted molar refractivity (Wildman–Crippen MR) is 96.6 cm³/mol. The highest BCUT2D eigenvalue weighted by atomic mass is 16.3. The molecule has 0 aromatic heterocycles. The molecule has 7 nitrogen and oxygen atoms in total. The lowest BCUT2D eigenvalue weighted by molar-refractivity contribution is 0.163. The molecule has 132 valence electrons. The van der Waals surface area contributed by atoms with Crippen molar-refractivity contribution in [1.82, 2.24) is 10.6 Å². The summed E-state index contributed by atoms with van der Waals surface area (Å²) in [7, 11) is 0. The van der Waals surface area contributed by atoms with E-state index in [4.69, 9.17) is 0 Å². The second kappa shape index (κ2) is 7.87. The fraction of sp³-hybridized carbons (Fsp3) is 0.278. The Morgan fingerprint density at radius 2 is 2.04 bits per heavy atom. The number of nitrogens with zero attached hydrogens (tertiary/aromatic N) is 1. The number of benzene rings is 2. The topological polar surface area (TPSA) is 96.9 Å². The summed E-state index contributed by atoms with van der Waals surface area (Å²) in [5.74, 6) is 0.229. The number of aromatic hydroxyl groups is 1. The molecule has 0 saturated carbocycles. The third-order valence-electron chi connectivity index (χ3n) is 4.05. The van der Waals surface area contributed by atoms with E-state index in [2.05, 4.69) is 16.0 Å². The van der Waals surface area contributed by atoms with E-state index in [1.807, 2.05) is 35.2 Å². The summed E-state index contributed by atoms with van der Waals surface area (Å²) in [6, 6.07) is 14.0. The molecule has 1 saturated heterocycles. The zero-order valence-corrected chi connectivity index (χ0v) is 13.8. The molecule has 1 aliphatic heterocycles.